The zero-order valence-electron chi connectivity index (χ0n) is 23.5. The summed E-state index contributed by atoms with van der Waals surface area (Å²) in [5, 5.41) is 30.2. The Morgan fingerprint density at radius 3 is 2.00 bits per heavy atom. The fourth-order valence-electron chi connectivity index (χ4n) is 4.18. The predicted molar refractivity (Wildman–Crippen MR) is 164 cm³/mol. The Morgan fingerprint density at radius 1 is 0.814 bits per heavy atom. The molecule has 2 atom stereocenters. The van der Waals surface area contributed by atoms with Crippen LogP contribution in [-0.2, 0) is 9.59 Å². The number of aromatic hydroxyl groups is 1. The van der Waals surface area contributed by atoms with E-state index in [0.717, 1.165) is 0 Å². The van der Waals surface area contributed by atoms with Gasteiger partial charge in [-0.05, 0) is 23.6 Å². The van der Waals surface area contributed by atoms with Gasteiger partial charge in [0, 0.05) is 46.2 Å². The van der Waals surface area contributed by atoms with Crippen LogP contribution in [0, 0.1) is 11.8 Å². The van der Waals surface area contributed by atoms with Crippen molar-refractivity contribution < 1.29 is 48.7 Å². The number of ether oxygens (including phenoxy) is 3. The third-order valence-corrected chi connectivity index (χ3v) is 9.31. The Balaban J connectivity index is 1.39. The molecular formula is C30H29ClO10S2. The lowest BCUT2D eigenvalue weighted by molar-refractivity contribution is -0.141. The maximum absolute atomic E-state index is 12.6. The van der Waals surface area contributed by atoms with E-state index < -0.39 is 23.8 Å². The van der Waals surface area contributed by atoms with E-state index in [1.165, 1.54) is 49.7 Å². The van der Waals surface area contributed by atoms with Gasteiger partial charge in [0.1, 0.15) is 0 Å². The molecular weight excluding hydrogens is 620 g/mol. The molecule has 2 heterocycles. The molecule has 0 radical (unpaired) electrons. The maximum atomic E-state index is 12.6. The number of phenolic OH excluding ortho intramolecular Hbond substituents is 1. The summed E-state index contributed by atoms with van der Waals surface area (Å²) < 4.78 is 18.5. The van der Waals surface area contributed by atoms with E-state index in [4.69, 9.17) is 36.0 Å². The van der Waals surface area contributed by atoms with Crippen LogP contribution in [0.4, 0.5) is 0 Å². The van der Waals surface area contributed by atoms with Crippen molar-refractivity contribution in [1.29, 1.82) is 0 Å². The number of halogens is 1. The van der Waals surface area contributed by atoms with Crippen LogP contribution in [0.5, 0.6) is 23.0 Å². The van der Waals surface area contributed by atoms with E-state index in [0.29, 0.717) is 47.8 Å². The Labute approximate surface area is 259 Å². The number of carbonyl (C=O) groups is 4. The van der Waals surface area contributed by atoms with Crippen molar-refractivity contribution in [2.24, 2.45) is 11.8 Å². The minimum absolute atomic E-state index is 0.0936. The summed E-state index contributed by atoms with van der Waals surface area (Å²) in [5.74, 6) is -3.44. The van der Waals surface area contributed by atoms with Gasteiger partial charge in [-0.3, -0.25) is 19.2 Å². The highest BCUT2D eigenvalue weighted by Gasteiger charge is 2.23. The van der Waals surface area contributed by atoms with E-state index in [9.17, 15) is 24.3 Å². The van der Waals surface area contributed by atoms with Gasteiger partial charge in [-0.1, -0.05) is 25.4 Å². The van der Waals surface area contributed by atoms with E-state index >= 15 is 0 Å². The number of phenols is 1. The number of hydrogen-bond acceptors (Lipinski definition) is 10. The van der Waals surface area contributed by atoms with Crippen LogP contribution in [-0.4, -0.2) is 59.1 Å². The quantitative estimate of drug-likeness (QED) is 0.0913. The second-order valence-electron chi connectivity index (χ2n) is 10.00. The molecule has 0 saturated heterocycles. The third-order valence-electron chi connectivity index (χ3n) is 6.67. The molecule has 0 unspecified atom stereocenters. The SMILES string of the molecule is COc1cc2sc(C(=O)C[C@H](C)C(=O)O)cc2c(Cl)c1OCCCOc1cc2cc(C(=O)C[C@H](C)C(=O)O)sc2cc1O. The molecule has 0 aliphatic carbocycles. The van der Waals surface area contributed by atoms with Crippen molar-refractivity contribution in [2.75, 3.05) is 20.3 Å². The minimum Gasteiger partial charge on any atom is -0.504 e. The summed E-state index contributed by atoms with van der Waals surface area (Å²) in [6, 6.07) is 8.13. The van der Waals surface area contributed by atoms with E-state index in [-0.39, 0.29) is 54.1 Å². The van der Waals surface area contributed by atoms with Crippen molar-refractivity contribution in [3.8, 4) is 23.0 Å². The number of benzene rings is 2. The molecule has 0 aliphatic rings. The molecule has 0 amide bonds. The maximum Gasteiger partial charge on any atom is 0.306 e. The Hall–Kier alpha value is -3.87. The molecule has 0 bridgehead atoms. The summed E-state index contributed by atoms with van der Waals surface area (Å²) in [6.45, 7) is 3.33. The highest BCUT2D eigenvalue weighted by atomic mass is 35.5. The van der Waals surface area contributed by atoms with E-state index in [1.807, 2.05) is 0 Å². The second kappa shape index (κ2) is 13.6. The van der Waals surface area contributed by atoms with Gasteiger partial charge in [-0.25, -0.2) is 0 Å². The lowest BCUT2D eigenvalue weighted by Crippen LogP contribution is -2.13. The minimum atomic E-state index is -1.04. The standard InChI is InChI=1S/C30H29ClO10S2/c1-14(29(35)36)7-19(33)25-10-16-9-21(18(32)12-23(16)42-25)40-5-4-6-41-28-22(39-3)13-24-17(27(28)31)11-26(43-24)20(34)8-15(2)30(37)38/h9-15,32H,4-8H2,1-3H3,(H,35,36)(H,37,38)/t14-,15-/m0/s1. The van der Waals surface area contributed by atoms with Crippen LogP contribution in [0.3, 0.4) is 0 Å². The van der Waals surface area contributed by atoms with Gasteiger partial charge >= 0.3 is 11.9 Å². The van der Waals surface area contributed by atoms with Crippen molar-refractivity contribution in [3.63, 3.8) is 0 Å². The molecule has 43 heavy (non-hydrogen) atoms. The number of hydrogen-bond donors (Lipinski definition) is 3. The topological polar surface area (TPSA) is 157 Å². The molecule has 4 rings (SSSR count). The summed E-state index contributed by atoms with van der Waals surface area (Å²) in [7, 11) is 1.47. The van der Waals surface area contributed by atoms with Crippen molar-refractivity contribution >= 4 is 78.0 Å². The molecule has 0 spiro atoms. The smallest absolute Gasteiger partial charge is 0.306 e. The van der Waals surface area contributed by atoms with Gasteiger partial charge in [0.15, 0.2) is 34.6 Å². The first kappa shape index (κ1) is 32.1. The number of methoxy groups -OCH3 is 1. The summed E-state index contributed by atoms with van der Waals surface area (Å²) >= 11 is 9.01. The Morgan fingerprint density at radius 2 is 1.40 bits per heavy atom. The lowest BCUT2D eigenvalue weighted by Gasteiger charge is -2.13. The molecule has 2 aromatic heterocycles. The largest absolute Gasteiger partial charge is 0.504 e. The molecule has 228 valence electrons. The fraction of sp³-hybridized carbons (Fsp3) is 0.333. The summed E-state index contributed by atoms with van der Waals surface area (Å²) in [6.07, 6.45) is 0.174. The van der Waals surface area contributed by atoms with Gasteiger partial charge in [-0.2, -0.15) is 0 Å². The van der Waals surface area contributed by atoms with Gasteiger partial charge in [0.05, 0.1) is 46.9 Å². The molecule has 0 saturated carbocycles. The number of Topliss-reactive ketones (excluding diaryl/α,β-unsaturated/α-hetero) is 2. The molecule has 4 aromatic rings. The zero-order valence-corrected chi connectivity index (χ0v) is 25.9. The van der Waals surface area contributed by atoms with Crippen LogP contribution in [0.25, 0.3) is 20.2 Å². The normalized spacial score (nSPS) is 12.7. The van der Waals surface area contributed by atoms with Crippen LogP contribution in [0.2, 0.25) is 5.02 Å². The van der Waals surface area contributed by atoms with E-state index in [1.54, 1.807) is 24.3 Å². The molecule has 0 fully saturated rings. The van der Waals surface area contributed by atoms with Crippen LogP contribution in [0.1, 0.15) is 52.5 Å². The number of carboxylic acid groups (broad SMARTS) is 2. The number of rotatable bonds is 15. The molecule has 3 N–H and O–H groups in total. The average molecular weight is 649 g/mol. The first-order valence-corrected chi connectivity index (χ1v) is 15.2. The summed E-state index contributed by atoms with van der Waals surface area (Å²) in [5.41, 5.74) is 0. The number of ketones is 2. The van der Waals surface area contributed by atoms with Gasteiger partial charge in [-0.15, -0.1) is 22.7 Å². The highest BCUT2D eigenvalue weighted by Crippen LogP contribution is 2.44. The number of fused-ring (bicyclic) bond motifs is 2. The third kappa shape index (κ3) is 7.38. The van der Waals surface area contributed by atoms with Crippen LogP contribution in [0.15, 0.2) is 30.3 Å². The number of thiophene rings is 2. The lowest BCUT2D eigenvalue weighted by atomic mass is 10.0. The molecule has 2 aromatic carbocycles. The summed E-state index contributed by atoms with van der Waals surface area (Å²) in [4.78, 5) is 48.1. The number of carboxylic acids is 2. The second-order valence-corrected chi connectivity index (χ2v) is 12.5. The first-order chi connectivity index (χ1) is 20.4. The Bertz CT molecular complexity index is 1710. The number of carbonyl (C=O) groups excluding carboxylic acids is 2. The van der Waals surface area contributed by atoms with E-state index in [2.05, 4.69) is 0 Å². The van der Waals surface area contributed by atoms with Crippen molar-refractivity contribution in [3.05, 3.63) is 45.1 Å². The van der Waals surface area contributed by atoms with Crippen molar-refractivity contribution in [2.45, 2.75) is 33.1 Å². The molecule has 0 aliphatic heterocycles. The predicted octanol–water partition coefficient (Wildman–Crippen LogP) is 6.92. The highest BCUT2D eigenvalue weighted by molar-refractivity contribution is 7.21. The Kier molecular flexibility index (Phi) is 10.2. The molecule has 13 heteroatoms. The monoisotopic (exact) mass is 648 g/mol. The van der Waals surface area contributed by atoms with Crippen LogP contribution < -0.4 is 14.2 Å². The average Bonchev–Trinajstić information content (AvgIpc) is 3.58. The fourth-order valence-corrected chi connectivity index (χ4v) is 6.61. The van der Waals surface area contributed by atoms with Gasteiger partial charge < -0.3 is 29.5 Å². The number of aliphatic carboxylic acids is 2. The van der Waals surface area contributed by atoms with Crippen molar-refractivity contribution in [1.82, 2.24) is 0 Å². The molecule has 10 nitrogen and oxygen atoms in total. The van der Waals surface area contributed by atoms with Gasteiger partial charge in [0.2, 0.25) is 0 Å². The van der Waals surface area contributed by atoms with Crippen LogP contribution >= 0.6 is 34.3 Å². The van der Waals surface area contributed by atoms with Gasteiger partial charge in [0.25, 0.3) is 0 Å². The zero-order chi connectivity index (χ0) is 31.4. The first-order valence-electron chi connectivity index (χ1n) is 13.2.